The molecule has 0 aromatic heterocycles. The van der Waals surface area contributed by atoms with Gasteiger partial charge >= 0.3 is 0 Å². The summed E-state index contributed by atoms with van der Waals surface area (Å²) in [7, 11) is 0. The van der Waals surface area contributed by atoms with Gasteiger partial charge in [0, 0.05) is 11.1 Å². The quantitative estimate of drug-likeness (QED) is 0.556. The Kier molecular flexibility index (Phi) is 8.83. The molecule has 0 amide bonds. The molecule has 0 aliphatic carbocycles. The number of hydrogen-bond donors (Lipinski definition) is 3. The Bertz CT molecular complexity index is 167. The Labute approximate surface area is 114 Å². The molecule has 0 saturated heterocycles. The SMILES string of the molecule is CC(C)(C)NCCCCNCCCNC(C)(C)C. The van der Waals surface area contributed by atoms with E-state index in [1.165, 1.54) is 19.3 Å². The molecule has 0 aliphatic rings. The first kappa shape index (κ1) is 17.9. The minimum atomic E-state index is 0.249. The van der Waals surface area contributed by atoms with Crippen LogP contribution in [0.2, 0.25) is 0 Å². The highest BCUT2D eigenvalue weighted by Crippen LogP contribution is 1.99. The molecule has 0 heterocycles. The zero-order valence-electron chi connectivity index (χ0n) is 13.4. The highest BCUT2D eigenvalue weighted by Gasteiger charge is 2.07. The average molecular weight is 257 g/mol. The van der Waals surface area contributed by atoms with Gasteiger partial charge in [0.2, 0.25) is 0 Å². The zero-order chi connectivity index (χ0) is 14.1. The van der Waals surface area contributed by atoms with Crippen LogP contribution in [0.1, 0.15) is 60.8 Å². The standard InChI is InChI=1S/C15H35N3/c1-14(2,3)17-12-8-7-10-16-11-9-13-18-15(4,5)6/h16-18H,7-13H2,1-6H3. The topological polar surface area (TPSA) is 36.1 Å². The zero-order valence-corrected chi connectivity index (χ0v) is 13.4. The summed E-state index contributed by atoms with van der Waals surface area (Å²) >= 11 is 0. The molecule has 0 radical (unpaired) electrons. The number of rotatable bonds is 9. The van der Waals surface area contributed by atoms with Crippen molar-refractivity contribution < 1.29 is 0 Å². The summed E-state index contributed by atoms with van der Waals surface area (Å²) in [5.41, 5.74) is 0.505. The maximum Gasteiger partial charge on any atom is 0.00965 e. The third-order valence-corrected chi connectivity index (χ3v) is 2.62. The Morgan fingerprint density at radius 3 is 1.44 bits per heavy atom. The van der Waals surface area contributed by atoms with Gasteiger partial charge in [-0.3, -0.25) is 0 Å². The van der Waals surface area contributed by atoms with E-state index < -0.39 is 0 Å². The van der Waals surface area contributed by atoms with E-state index >= 15 is 0 Å². The van der Waals surface area contributed by atoms with Crippen molar-refractivity contribution in [3.63, 3.8) is 0 Å². The molecule has 0 atom stereocenters. The van der Waals surface area contributed by atoms with Gasteiger partial charge in [0.15, 0.2) is 0 Å². The third-order valence-electron chi connectivity index (χ3n) is 2.62. The van der Waals surface area contributed by atoms with Crippen LogP contribution in [0.4, 0.5) is 0 Å². The molecule has 0 aliphatic heterocycles. The Balaban J connectivity index is 3.13. The fourth-order valence-corrected chi connectivity index (χ4v) is 1.64. The molecule has 3 nitrogen and oxygen atoms in total. The Morgan fingerprint density at radius 1 is 0.556 bits per heavy atom. The van der Waals surface area contributed by atoms with E-state index in [0.29, 0.717) is 0 Å². The van der Waals surface area contributed by atoms with Crippen molar-refractivity contribution in [3.05, 3.63) is 0 Å². The molecule has 18 heavy (non-hydrogen) atoms. The lowest BCUT2D eigenvalue weighted by Gasteiger charge is -2.21. The summed E-state index contributed by atoms with van der Waals surface area (Å²) in [6.45, 7) is 17.8. The van der Waals surface area contributed by atoms with Crippen LogP contribution < -0.4 is 16.0 Å². The minimum absolute atomic E-state index is 0.249. The molecule has 0 spiro atoms. The van der Waals surface area contributed by atoms with Gasteiger partial charge in [0.1, 0.15) is 0 Å². The molecule has 0 aromatic rings. The summed E-state index contributed by atoms with van der Waals surface area (Å²) in [5, 5.41) is 10.5. The summed E-state index contributed by atoms with van der Waals surface area (Å²) in [6.07, 6.45) is 3.72. The first-order valence-corrected chi connectivity index (χ1v) is 7.41. The Morgan fingerprint density at radius 2 is 0.944 bits per heavy atom. The lowest BCUT2D eigenvalue weighted by atomic mass is 10.1. The van der Waals surface area contributed by atoms with Gasteiger partial charge < -0.3 is 16.0 Å². The predicted molar refractivity (Wildman–Crippen MR) is 82.2 cm³/mol. The molecule has 0 bridgehead atoms. The normalized spacial score (nSPS) is 13.0. The largest absolute Gasteiger partial charge is 0.317 e. The van der Waals surface area contributed by atoms with Crippen LogP contribution in [-0.4, -0.2) is 37.3 Å². The second-order valence-electron chi connectivity index (χ2n) is 7.16. The van der Waals surface area contributed by atoms with Crippen molar-refractivity contribution in [2.24, 2.45) is 0 Å². The van der Waals surface area contributed by atoms with Gasteiger partial charge in [-0.2, -0.15) is 0 Å². The van der Waals surface area contributed by atoms with Crippen LogP contribution in [0.3, 0.4) is 0 Å². The van der Waals surface area contributed by atoms with Crippen LogP contribution in [-0.2, 0) is 0 Å². The molecule has 0 saturated carbocycles. The van der Waals surface area contributed by atoms with Crippen LogP contribution in [0, 0.1) is 0 Å². The van der Waals surface area contributed by atoms with E-state index in [0.717, 1.165) is 26.2 Å². The maximum absolute atomic E-state index is 3.51. The predicted octanol–water partition coefficient (Wildman–Crippen LogP) is 2.52. The van der Waals surface area contributed by atoms with Crippen molar-refractivity contribution in [3.8, 4) is 0 Å². The molecule has 3 heteroatoms. The summed E-state index contributed by atoms with van der Waals surface area (Å²) < 4.78 is 0. The first-order chi connectivity index (χ1) is 8.21. The van der Waals surface area contributed by atoms with E-state index in [-0.39, 0.29) is 11.1 Å². The van der Waals surface area contributed by atoms with Gasteiger partial charge in [0.25, 0.3) is 0 Å². The first-order valence-electron chi connectivity index (χ1n) is 7.41. The number of unbranched alkanes of at least 4 members (excludes halogenated alkanes) is 1. The van der Waals surface area contributed by atoms with Crippen LogP contribution in [0.15, 0.2) is 0 Å². The van der Waals surface area contributed by atoms with Crippen molar-refractivity contribution in [1.82, 2.24) is 16.0 Å². The van der Waals surface area contributed by atoms with Crippen LogP contribution in [0.25, 0.3) is 0 Å². The summed E-state index contributed by atoms with van der Waals surface area (Å²) in [5.74, 6) is 0. The minimum Gasteiger partial charge on any atom is -0.317 e. The Hall–Kier alpha value is -0.120. The second kappa shape index (κ2) is 8.89. The number of nitrogens with one attached hydrogen (secondary N) is 3. The fourth-order valence-electron chi connectivity index (χ4n) is 1.64. The van der Waals surface area contributed by atoms with E-state index in [1.807, 2.05) is 0 Å². The molecular formula is C15H35N3. The second-order valence-corrected chi connectivity index (χ2v) is 7.16. The van der Waals surface area contributed by atoms with E-state index in [1.54, 1.807) is 0 Å². The molecule has 0 fully saturated rings. The number of hydrogen-bond acceptors (Lipinski definition) is 3. The average Bonchev–Trinajstić information content (AvgIpc) is 2.17. The van der Waals surface area contributed by atoms with Crippen molar-refractivity contribution in [2.45, 2.75) is 71.9 Å². The summed E-state index contributed by atoms with van der Waals surface area (Å²) in [4.78, 5) is 0. The van der Waals surface area contributed by atoms with Gasteiger partial charge in [-0.15, -0.1) is 0 Å². The smallest absolute Gasteiger partial charge is 0.00965 e. The van der Waals surface area contributed by atoms with Gasteiger partial charge in [-0.1, -0.05) is 0 Å². The molecule has 0 unspecified atom stereocenters. The van der Waals surface area contributed by atoms with Crippen molar-refractivity contribution >= 4 is 0 Å². The van der Waals surface area contributed by atoms with E-state index in [9.17, 15) is 0 Å². The fraction of sp³-hybridized carbons (Fsp3) is 1.00. The molecule has 3 N–H and O–H groups in total. The van der Waals surface area contributed by atoms with Crippen molar-refractivity contribution in [1.29, 1.82) is 0 Å². The molecule has 0 aromatic carbocycles. The highest BCUT2D eigenvalue weighted by molar-refractivity contribution is 4.70. The molecule has 0 rings (SSSR count). The third kappa shape index (κ3) is 15.9. The van der Waals surface area contributed by atoms with Crippen molar-refractivity contribution in [2.75, 3.05) is 26.2 Å². The van der Waals surface area contributed by atoms with Crippen LogP contribution in [0.5, 0.6) is 0 Å². The van der Waals surface area contributed by atoms with Gasteiger partial charge in [-0.25, -0.2) is 0 Å². The van der Waals surface area contributed by atoms with Gasteiger partial charge in [0.05, 0.1) is 0 Å². The van der Waals surface area contributed by atoms with E-state index in [2.05, 4.69) is 57.5 Å². The highest BCUT2D eigenvalue weighted by atomic mass is 15.0. The summed E-state index contributed by atoms with van der Waals surface area (Å²) in [6, 6.07) is 0. The van der Waals surface area contributed by atoms with E-state index in [4.69, 9.17) is 0 Å². The monoisotopic (exact) mass is 257 g/mol. The maximum atomic E-state index is 3.51. The lowest BCUT2D eigenvalue weighted by Crippen LogP contribution is -2.37. The molecule has 110 valence electrons. The molecular weight excluding hydrogens is 222 g/mol. The van der Waals surface area contributed by atoms with Crippen LogP contribution >= 0.6 is 0 Å². The lowest BCUT2D eigenvalue weighted by molar-refractivity contribution is 0.411. The van der Waals surface area contributed by atoms with Gasteiger partial charge in [-0.05, 0) is 87.0 Å².